The van der Waals surface area contributed by atoms with Gasteiger partial charge in [0.05, 0.1) is 12.5 Å². The number of aliphatic imine (C=N–C) groups is 1. The van der Waals surface area contributed by atoms with Crippen LogP contribution in [0.1, 0.15) is 64.2 Å². The second-order valence-electron chi connectivity index (χ2n) is 10.1. The summed E-state index contributed by atoms with van der Waals surface area (Å²) in [5.74, 6) is -1.42. The van der Waals surface area contributed by atoms with Crippen molar-refractivity contribution in [2.45, 2.75) is 81.4 Å². The van der Waals surface area contributed by atoms with Gasteiger partial charge in [0.2, 0.25) is 5.91 Å². The topological polar surface area (TPSA) is 135 Å². The number of nitrogens with one attached hydrogen (secondary N) is 1. The zero-order chi connectivity index (χ0) is 26.3. The normalized spacial score (nSPS) is 25.1. The van der Waals surface area contributed by atoms with E-state index in [1.807, 2.05) is 0 Å². The van der Waals surface area contributed by atoms with Gasteiger partial charge in [-0.1, -0.05) is 38.2 Å². The molecule has 1 N–H and O–H groups in total. The third kappa shape index (κ3) is 7.30. The van der Waals surface area contributed by atoms with Gasteiger partial charge in [-0.2, -0.15) is 4.31 Å². The molecule has 1 aromatic rings. The van der Waals surface area contributed by atoms with Crippen molar-refractivity contribution in [1.29, 1.82) is 0 Å². The summed E-state index contributed by atoms with van der Waals surface area (Å²) in [4.78, 5) is 46.8. The van der Waals surface area contributed by atoms with Crippen LogP contribution < -0.4 is 5.32 Å². The zero-order valence-corrected chi connectivity index (χ0v) is 21.9. The molecule has 0 radical (unpaired) electrons. The van der Waals surface area contributed by atoms with Crippen LogP contribution in [0.15, 0.2) is 34.4 Å². The number of nitrogens with zero attached hydrogens (tertiary/aromatic N) is 3. The van der Waals surface area contributed by atoms with Gasteiger partial charge < -0.3 is 10.1 Å². The Morgan fingerprint density at radius 1 is 1.14 bits per heavy atom. The molecule has 1 unspecified atom stereocenters. The average Bonchev–Trinajstić information content (AvgIpc) is 3.38. The fraction of sp³-hybridized carbons (Fsp3) is 0.654. The molecule has 10 nitrogen and oxygen atoms in total. The highest BCUT2D eigenvalue weighted by atomic mass is 32.2. The SMILES string of the molecule is O=C1CN(S(=O)(=O)c2ccccn2)CCCC1C=NC(=O)[C@H](CC1CCCCC1)NC(=O)[C@@H]1CCCO1. The monoisotopic (exact) mass is 532 g/mol. The van der Waals surface area contributed by atoms with Crippen LogP contribution in [-0.2, 0) is 29.1 Å². The Morgan fingerprint density at radius 2 is 1.95 bits per heavy atom. The van der Waals surface area contributed by atoms with E-state index in [1.165, 1.54) is 24.9 Å². The molecular weight excluding hydrogens is 496 g/mol. The second-order valence-corrected chi connectivity index (χ2v) is 12.0. The Balaban J connectivity index is 1.41. The third-order valence-corrected chi connectivity index (χ3v) is 9.18. The predicted octanol–water partition coefficient (Wildman–Crippen LogP) is 2.28. The van der Waals surface area contributed by atoms with Crippen LogP contribution in [-0.4, -0.2) is 73.4 Å². The van der Waals surface area contributed by atoms with Gasteiger partial charge in [-0.25, -0.2) is 18.4 Å². The first-order valence-electron chi connectivity index (χ1n) is 13.3. The van der Waals surface area contributed by atoms with Gasteiger partial charge >= 0.3 is 0 Å². The molecule has 2 saturated heterocycles. The highest BCUT2D eigenvalue weighted by molar-refractivity contribution is 7.89. The second kappa shape index (κ2) is 12.8. The van der Waals surface area contributed by atoms with E-state index in [9.17, 15) is 22.8 Å². The maximum Gasteiger partial charge on any atom is 0.267 e. The van der Waals surface area contributed by atoms with E-state index in [1.54, 1.807) is 12.1 Å². The molecule has 1 aromatic heterocycles. The lowest BCUT2D eigenvalue weighted by molar-refractivity contribution is -0.134. The van der Waals surface area contributed by atoms with E-state index >= 15 is 0 Å². The summed E-state index contributed by atoms with van der Waals surface area (Å²) in [6, 6.07) is 3.85. The molecule has 0 bridgehead atoms. The smallest absolute Gasteiger partial charge is 0.267 e. The van der Waals surface area contributed by atoms with Crippen molar-refractivity contribution >= 4 is 33.8 Å². The summed E-state index contributed by atoms with van der Waals surface area (Å²) in [6.07, 6.45) is 10.5. The number of sulfonamides is 1. The van der Waals surface area contributed by atoms with E-state index in [4.69, 9.17) is 4.74 Å². The number of ketones is 1. The number of carbonyl (C=O) groups is 3. The molecule has 11 heteroatoms. The number of aromatic nitrogens is 1. The number of Topliss-reactive ketones (excluding diaryl/α,β-unsaturated/α-hetero) is 1. The molecular formula is C26H36N4O6S. The van der Waals surface area contributed by atoms with Crippen molar-refractivity contribution in [3.63, 3.8) is 0 Å². The summed E-state index contributed by atoms with van der Waals surface area (Å²) in [7, 11) is -3.89. The standard InChI is InChI=1S/C26H36N4O6S/c31-22-18-30(37(34,35)24-12-4-5-13-27-24)14-6-10-20(22)17-28-25(32)21(16-19-8-2-1-3-9-19)29-26(33)23-11-7-15-36-23/h4-5,12-13,17,19-21,23H,1-3,6-11,14-16,18H2,(H,29,33)/t20?,21-,23-/m0/s1. The number of hydrogen-bond acceptors (Lipinski definition) is 7. The Kier molecular flexibility index (Phi) is 9.55. The minimum atomic E-state index is -3.89. The number of ether oxygens (including phenoxy) is 1. The van der Waals surface area contributed by atoms with Crippen molar-refractivity contribution < 1.29 is 27.5 Å². The summed E-state index contributed by atoms with van der Waals surface area (Å²) in [5.41, 5.74) is 0. The average molecular weight is 533 g/mol. The van der Waals surface area contributed by atoms with Gasteiger partial charge in [0, 0.05) is 25.6 Å². The maximum atomic E-state index is 13.1. The van der Waals surface area contributed by atoms with Crippen molar-refractivity contribution in [2.24, 2.45) is 16.8 Å². The summed E-state index contributed by atoms with van der Waals surface area (Å²) in [5, 5.41) is 2.76. The first-order chi connectivity index (χ1) is 17.8. The number of hydrogen-bond donors (Lipinski definition) is 1. The lowest BCUT2D eigenvalue weighted by atomic mass is 9.84. The van der Waals surface area contributed by atoms with Crippen LogP contribution in [0.4, 0.5) is 0 Å². The van der Waals surface area contributed by atoms with Gasteiger partial charge in [0.25, 0.3) is 15.9 Å². The molecule has 3 heterocycles. The number of pyridine rings is 1. The number of amides is 2. The fourth-order valence-electron chi connectivity index (χ4n) is 5.29. The molecule has 1 saturated carbocycles. The highest BCUT2D eigenvalue weighted by Crippen LogP contribution is 2.28. The van der Waals surface area contributed by atoms with Crippen molar-refractivity contribution in [1.82, 2.24) is 14.6 Å². The first-order valence-corrected chi connectivity index (χ1v) is 14.7. The molecule has 202 valence electrons. The first kappa shape index (κ1) is 27.5. The summed E-state index contributed by atoms with van der Waals surface area (Å²) < 4.78 is 32.5. The van der Waals surface area contributed by atoms with E-state index in [0.29, 0.717) is 38.2 Å². The number of carbonyl (C=O) groups excluding carboxylic acids is 3. The molecule has 37 heavy (non-hydrogen) atoms. The van der Waals surface area contributed by atoms with Crippen LogP contribution in [0.25, 0.3) is 0 Å². The van der Waals surface area contributed by atoms with Crippen LogP contribution in [0.5, 0.6) is 0 Å². The Morgan fingerprint density at radius 3 is 2.65 bits per heavy atom. The molecule has 3 fully saturated rings. The molecule has 2 amide bonds. The molecule has 1 aliphatic carbocycles. The Bertz CT molecular complexity index is 1080. The number of rotatable bonds is 8. The van der Waals surface area contributed by atoms with Gasteiger partial charge in [-0.15, -0.1) is 0 Å². The molecule has 2 aliphatic heterocycles. The minimum absolute atomic E-state index is 0.0994. The minimum Gasteiger partial charge on any atom is -0.368 e. The Labute approximate surface area is 218 Å². The molecule has 3 atom stereocenters. The molecule has 0 aromatic carbocycles. The van der Waals surface area contributed by atoms with Crippen LogP contribution >= 0.6 is 0 Å². The molecule has 4 rings (SSSR count). The van der Waals surface area contributed by atoms with Gasteiger partial charge in [-0.05, 0) is 50.2 Å². The molecule has 0 spiro atoms. The zero-order valence-electron chi connectivity index (χ0n) is 21.1. The van der Waals surface area contributed by atoms with Gasteiger partial charge in [0.1, 0.15) is 12.1 Å². The van der Waals surface area contributed by atoms with Crippen LogP contribution in [0, 0.1) is 11.8 Å². The van der Waals surface area contributed by atoms with Crippen LogP contribution in [0.3, 0.4) is 0 Å². The lowest BCUT2D eigenvalue weighted by Gasteiger charge is -2.26. The quantitative estimate of drug-likeness (QED) is 0.508. The van der Waals surface area contributed by atoms with E-state index in [0.717, 1.165) is 36.4 Å². The van der Waals surface area contributed by atoms with E-state index < -0.39 is 34.0 Å². The van der Waals surface area contributed by atoms with Gasteiger partial charge in [-0.3, -0.25) is 14.4 Å². The summed E-state index contributed by atoms with van der Waals surface area (Å²) in [6.45, 7) is 0.421. The summed E-state index contributed by atoms with van der Waals surface area (Å²) >= 11 is 0. The predicted molar refractivity (Wildman–Crippen MR) is 136 cm³/mol. The Hall–Kier alpha value is -2.50. The fourth-order valence-corrected chi connectivity index (χ4v) is 6.67. The van der Waals surface area contributed by atoms with Crippen LogP contribution in [0.2, 0.25) is 0 Å². The van der Waals surface area contributed by atoms with E-state index in [2.05, 4.69) is 15.3 Å². The molecule has 3 aliphatic rings. The highest BCUT2D eigenvalue weighted by Gasteiger charge is 2.33. The van der Waals surface area contributed by atoms with Crippen molar-refractivity contribution in [3.05, 3.63) is 24.4 Å². The third-order valence-electron chi connectivity index (χ3n) is 7.42. The van der Waals surface area contributed by atoms with Crippen molar-refractivity contribution in [3.8, 4) is 0 Å². The maximum absolute atomic E-state index is 13.1. The largest absolute Gasteiger partial charge is 0.368 e. The van der Waals surface area contributed by atoms with E-state index in [-0.39, 0.29) is 29.8 Å². The van der Waals surface area contributed by atoms with Crippen molar-refractivity contribution in [2.75, 3.05) is 19.7 Å². The van der Waals surface area contributed by atoms with Gasteiger partial charge in [0.15, 0.2) is 10.8 Å². The lowest BCUT2D eigenvalue weighted by Crippen LogP contribution is -2.46.